The maximum absolute atomic E-state index is 12.1. The van der Waals surface area contributed by atoms with E-state index in [1.54, 1.807) is 6.07 Å². The Morgan fingerprint density at radius 3 is 2.42 bits per heavy atom. The second-order valence-corrected chi connectivity index (χ2v) is 6.84. The summed E-state index contributed by atoms with van der Waals surface area (Å²) in [7, 11) is 0. The Balaban J connectivity index is 2.19. The zero-order valence-corrected chi connectivity index (χ0v) is 17.0. The van der Waals surface area contributed by atoms with Gasteiger partial charge in [-0.3, -0.25) is 9.59 Å². The van der Waals surface area contributed by atoms with Crippen LogP contribution < -0.4 is 10.6 Å². The number of anilines is 1. The molecule has 1 aromatic rings. The molecule has 0 fully saturated rings. The van der Waals surface area contributed by atoms with Crippen LogP contribution in [0.15, 0.2) is 12.3 Å². The summed E-state index contributed by atoms with van der Waals surface area (Å²) in [5.41, 5.74) is 0. The van der Waals surface area contributed by atoms with E-state index in [1.165, 1.54) is 6.20 Å². The van der Waals surface area contributed by atoms with Crippen LogP contribution in [0.1, 0.15) is 46.0 Å². The predicted molar refractivity (Wildman–Crippen MR) is 107 cm³/mol. The SMILES string of the molecule is CCCN(CCC)C(=O)CCCC(=O)NCCNc1ncc(Cl)cc1Cl. The van der Waals surface area contributed by atoms with Gasteiger partial charge in [-0.1, -0.05) is 37.0 Å². The van der Waals surface area contributed by atoms with E-state index >= 15 is 0 Å². The molecule has 0 aliphatic carbocycles. The lowest BCUT2D eigenvalue weighted by atomic mass is 10.2. The average Bonchev–Trinajstić information content (AvgIpc) is 2.60. The number of amides is 2. The zero-order valence-electron chi connectivity index (χ0n) is 15.5. The van der Waals surface area contributed by atoms with Crippen molar-refractivity contribution in [2.45, 2.75) is 46.0 Å². The van der Waals surface area contributed by atoms with Crippen LogP contribution in [0.5, 0.6) is 0 Å². The smallest absolute Gasteiger partial charge is 0.222 e. The number of rotatable bonds is 12. The van der Waals surface area contributed by atoms with Gasteiger partial charge >= 0.3 is 0 Å². The van der Waals surface area contributed by atoms with Crippen LogP contribution in [0.3, 0.4) is 0 Å². The zero-order chi connectivity index (χ0) is 19.4. The van der Waals surface area contributed by atoms with E-state index in [1.807, 2.05) is 4.90 Å². The fraction of sp³-hybridized carbons (Fsp3) is 0.611. The summed E-state index contributed by atoms with van der Waals surface area (Å²) in [6, 6.07) is 1.61. The Morgan fingerprint density at radius 2 is 1.81 bits per heavy atom. The first-order valence-corrected chi connectivity index (χ1v) is 9.82. The van der Waals surface area contributed by atoms with Crippen LogP contribution in [0.2, 0.25) is 10.0 Å². The number of nitrogens with zero attached hydrogens (tertiary/aromatic N) is 2. The maximum atomic E-state index is 12.1. The van der Waals surface area contributed by atoms with Gasteiger partial charge in [0.1, 0.15) is 5.82 Å². The summed E-state index contributed by atoms with van der Waals surface area (Å²) in [6.45, 7) is 6.64. The highest BCUT2D eigenvalue weighted by atomic mass is 35.5. The molecule has 0 radical (unpaired) electrons. The third kappa shape index (κ3) is 8.72. The van der Waals surface area contributed by atoms with Crippen molar-refractivity contribution in [2.24, 2.45) is 0 Å². The van der Waals surface area contributed by atoms with Gasteiger partial charge in [-0.2, -0.15) is 0 Å². The Labute approximate surface area is 165 Å². The molecule has 2 amide bonds. The molecule has 0 saturated carbocycles. The lowest BCUT2D eigenvalue weighted by Gasteiger charge is -2.21. The van der Waals surface area contributed by atoms with Crippen molar-refractivity contribution in [3.8, 4) is 0 Å². The van der Waals surface area contributed by atoms with Gasteiger partial charge in [0.2, 0.25) is 11.8 Å². The summed E-state index contributed by atoms with van der Waals surface area (Å²) in [5.74, 6) is 0.599. The first-order chi connectivity index (χ1) is 12.5. The van der Waals surface area contributed by atoms with Crippen LogP contribution in [0.4, 0.5) is 5.82 Å². The van der Waals surface area contributed by atoms with Crippen molar-refractivity contribution >= 4 is 40.8 Å². The topological polar surface area (TPSA) is 74.3 Å². The molecule has 146 valence electrons. The summed E-state index contributed by atoms with van der Waals surface area (Å²) >= 11 is 11.8. The van der Waals surface area contributed by atoms with Gasteiger partial charge in [0.15, 0.2) is 0 Å². The van der Waals surface area contributed by atoms with E-state index < -0.39 is 0 Å². The minimum Gasteiger partial charge on any atom is -0.367 e. The first kappa shape index (κ1) is 22.5. The lowest BCUT2D eigenvalue weighted by molar-refractivity contribution is -0.131. The Morgan fingerprint density at radius 1 is 1.12 bits per heavy atom. The van der Waals surface area contributed by atoms with Crippen molar-refractivity contribution < 1.29 is 9.59 Å². The molecule has 1 heterocycles. The average molecular weight is 403 g/mol. The highest BCUT2D eigenvalue weighted by Crippen LogP contribution is 2.21. The molecule has 8 heteroatoms. The standard InChI is InChI=1S/C18H28Cl2N4O2/c1-3-10-24(11-4-2)17(26)7-5-6-16(25)21-8-9-22-18-15(20)12-14(19)13-23-18/h12-13H,3-11H2,1-2H3,(H,21,25)(H,22,23). The van der Waals surface area contributed by atoms with Crippen LogP contribution in [0, 0.1) is 0 Å². The van der Waals surface area contributed by atoms with Gasteiger partial charge in [-0.25, -0.2) is 4.98 Å². The highest BCUT2D eigenvalue weighted by Gasteiger charge is 2.12. The minimum absolute atomic E-state index is 0.0627. The Hall–Kier alpha value is -1.53. The maximum Gasteiger partial charge on any atom is 0.222 e. The Kier molecular flexibility index (Phi) is 11.1. The summed E-state index contributed by atoms with van der Waals surface area (Å²) in [6.07, 6.45) is 4.73. The van der Waals surface area contributed by atoms with E-state index in [0.29, 0.717) is 48.2 Å². The largest absolute Gasteiger partial charge is 0.367 e. The molecule has 0 aliphatic rings. The van der Waals surface area contributed by atoms with E-state index in [4.69, 9.17) is 23.2 Å². The van der Waals surface area contributed by atoms with Crippen molar-refractivity contribution in [3.05, 3.63) is 22.3 Å². The van der Waals surface area contributed by atoms with E-state index in [2.05, 4.69) is 29.5 Å². The molecule has 0 bridgehead atoms. The summed E-state index contributed by atoms with van der Waals surface area (Å²) < 4.78 is 0. The molecule has 1 rings (SSSR count). The number of pyridine rings is 1. The van der Waals surface area contributed by atoms with Crippen molar-refractivity contribution in [3.63, 3.8) is 0 Å². The van der Waals surface area contributed by atoms with Gasteiger partial charge in [0.25, 0.3) is 0 Å². The number of halogens is 2. The number of carbonyl (C=O) groups excluding carboxylic acids is 2. The fourth-order valence-electron chi connectivity index (χ4n) is 2.48. The molecule has 0 aromatic carbocycles. The summed E-state index contributed by atoms with van der Waals surface area (Å²) in [4.78, 5) is 29.9. The van der Waals surface area contributed by atoms with E-state index in [9.17, 15) is 9.59 Å². The molecule has 2 N–H and O–H groups in total. The second kappa shape index (κ2) is 12.8. The number of hydrogen-bond donors (Lipinski definition) is 2. The molecule has 1 aromatic heterocycles. The van der Waals surface area contributed by atoms with Gasteiger partial charge in [-0.15, -0.1) is 0 Å². The Bertz CT molecular complexity index is 578. The van der Waals surface area contributed by atoms with Gasteiger partial charge in [0.05, 0.1) is 10.0 Å². The number of aromatic nitrogens is 1. The molecule has 0 unspecified atom stereocenters. The molecule has 6 nitrogen and oxygen atoms in total. The molecular formula is C18H28Cl2N4O2. The van der Waals surface area contributed by atoms with Crippen molar-refractivity contribution in [1.82, 2.24) is 15.2 Å². The summed E-state index contributed by atoms with van der Waals surface area (Å²) in [5, 5.41) is 6.76. The molecule has 0 saturated heterocycles. The minimum atomic E-state index is -0.0627. The van der Waals surface area contributed by atoms with Gasteiger partial charge < -0.3 is 15.5 Å². The van der Waals surface area contributed by atoms with Crippen LogP contribution in [-0.2, 0) is 9.59 Å². The molecular weight excluding hydrogens is 375 g/mol. The van der Waals surface area contributed by atoms with E-state index in [0.717, 1.165) is 25.9 Å². The van der Waals surface area contributed by atoms with Crippen LogP contribution in [-0.4, -0.2) is 47.9 Å². The highest BCUT2D eigenvalue weighted by molar-refractivity contribution is 6.35. The monoisotopic (exact) mass is 402 g/mol. The van der Waals surface area contributed by atoms with Crippen LogP contribution in [0.25, 0.3) is 0 Å². The first-order valence-electron chi connectivity index (χ1n) is 9.07. The molecule has 0 aliphatic heterocycles. The third-order valence-corrected chi connectivity index (χ3v) is 4.18. The van der Waals surface area contributed by atoms with Crippen LogP contribution >= 0.6 is 23.2 Å². The van der Waals surface area contributed by atoms with Gasteiger partial charge in [-0.05, 0) is 25.3 Å². The fourth-order valence-corrected chi connectivity index (χ4v) is 2.92. The third-order valence-electron chi connectivity index (χ3n) is 3.68. The van der Waals surface area contributed by atoms with E-state index in [-0.39, 0.29) is 11.8 Å². The molecule has 0 spiro atoms. The number of nitrogens with one attached hydrogen (secondary N) is 2. The quantitative estimate of drug-likeness (QED) is 0.522. The van der Waals surface area contributed by atoms with Gasteiger partial charge in [0, 0.05) is 45.2 Å². The normalized spacial score (nSPS) is 10.5. The van der Waals surface area contributed by atoms with Crippen molar-refractivity contribution in [1.29, 1.82) is 0 Å². The molecule has 0 atom stereocenters. The number of carbonyl (C=O) groups is 2. The predicted octanol–water partition coefficient (Wildman–Crippen LogP) is 3.74. The second-order valence-electron chi connectivity index (χ2n) is 6.00. The number of hydrogen-bond acceptors (Lipinski definition) is 4. The lowest BCUT2D eigenvalue weighted by Crippen LogP contribution is -2.33. The van der Waals surface area contributed by atoms with Crippen molar-refractivity contribution in [2.75, 3.05) is 31.5 Å². The molecule has 26 heavy (non-hydrogen) atoms.